The zero-order chi connectivity index (χ0) is 15.6. The molecule has 0 spiro atoms. The fourth-order valence-corrected chi connectivity index (χ4v) is 4.11. The van der Waals surface area contributed by atoms with Gasteiger partial charge in [-0.2, -0.15) is 12.7 Å². The molecule has 0 radical (unpaired) electrons. The Hall–Kier alpha value is -1.60. The van der Waals surface area contributed by atoms with Crippen molar-refractivity contribution in [1.29, 1.82) is 0 Å². The van der Waals surface area contributed by atoms with Gasteiger partial charge in [-0.05, 0) is 56.4 Å². The maximum Gasteiger partial charge on any atom is 0.322 e. The van der Waals surface area contributed by atoms with Gasteiger partial charge in [-0.1, -0.05) is 6.07 Å². The van der Waals surface area contributed by atoms with Crippen molar-refractivity contribution in [3.63, 3.8) is 0 Å². The van der Waals surface area contributed by atoms with Gasteiger partial charge in [-0.15, -0.1) is 0 Å². The molecule has 116 valence electrons. The third-order valence-electron chi connectivity index (χ3n) is 3.52. The number of carbonyl (C=O) groups is 1. The van der Waals surface area contributed by atoms with E-state index in [1.807, 2.05) is 19.9 Å². The number of nitrogens with zero attached hydrogens (tertiary/aromatic N) is 1. The smallest absolute Gasteiger partial charge is 0.322 e. The second-order valence-corrected chi connectivity index (χ2v) is 7.07. The molecule has 1 heterocycles. The van der Waals surface area contributed by atoms with Gasteiger partial charge in [-0.3, -0.25) is 9.52 Å². The van der Waals surface area contributed by atoms with Crippen LogP contribution in [0.2, 0.25) is 0 Å². The van der Waals surface area contributed by atoms with Crippen LogP contribution in [0.1, 0.15) is 30.4 Å². The minimum atomic E-state index is -3.86. The number of aliphatic carboxylic acids is 1. The highest BCUT2D eigenvalue weighted by Crippen LogP contribution is 2.23. The lowest BCUT2D eigenvalue weighted by molar-refractivity contribution is -0.142. The Balaban J connectivity index is 2.26. The lowest BCUT2D eigenvalue weighted by atomic mass is 10.1. The molecule has 1 fully saturated rings. The van der Waals surface area contributed by atoms with Crippen molar-refractivity contribution < 1.29 is 18.3 Å². The van der Waals surface area contributed by atoms with E-state index in [2.05, 4.69) is 4.72 Å². The predicted molar refractivity (Wildman–Crippen MR) is 80.4 cm³/mol. The van der Waals surface area contributed by atoms with E-state index in [0.29, 0.717) is 18.5 Å². The molecule has 2 N–H and O–H groups in total. The van der Waals surface area contributed by atoms with Gasteiger partial charge in [0.05, 0.1) is 5.69 Å². The summed E-state index contributed by atoms with van der Waals surface area (Å²) in [6.45, 7) is 3.99. The molecule has 1 saturated heterocycles. The highest BCUT2D eigenvalue weighted by molar-refractivity contribution is 7.90. The number of anilines is 1. The number of hydrogen-bond acceptors (Lipinski definition) is 3. The van der Waals surface area contributed by atoms with E-state index in [4.69, 9.17) is 0 Å². The van der Waals surface area contributed by atoms with Crippen molar-refractivity contribution in [3.8, 4) is 0 Å². The minimum Gasteiger partial charge on any atom is -0.480 e. The number of carboxylic acid groups (broad SMARTS) is 1. The monoisotopic (exact) mass is 312 g/mol. The fraction of sp³-hybridized carbons (Fsp3) is 0.500. The van der Waals surface area contributed by atoms with Crippen LogP contribution in [0, 0.1) is 13.8 Å². The quantitative estimate of drug-likeness (QED) is 0.889. The summed E-state index contributed by atoms with van der Waals surface area (Å²) < 4.78 is 28.4. The van der Waals surface area contributed by atoms with Crippen molar-refractivity contribution in [1.82, 2.24) is 4.31 Å². The summed E-state index contributed by atoms with van der Waals surface area (Å²) in [6, 6.07) is 4.41. The molecule has 1 aromatic carbocycles. The molecule has 0 aliphatic carbocycles. The molecule has 1 aliphatic rings. The van der Waals surface area contributed by atoms with Crippen molar-refractivity contribution in [2.75, 3.05) is 11.3 Å². The molecule has 0 aromatic heterocycles. The summed E-state index contributed by atoms with van der Waals surface area (Å²) in [5.74, 6) is -1.10. The molecule has 0 amide bonds. The molecule has 1 aromatic rings. The Morgan fingerprint density at radius 1 is 1.24 bits per heavy atom. The van der Waals surface area contributed by atoms with Crippen molar-refractivity contribution >= 4 is 21.9 Å². The average Bonchev–Trinajstić information content (AvgIpc) is 2.36. The highest BCUT2D eigenvalue weighted by atomic mass is 32.2. The van der Waals surface area contributed by atoms with E-state index in [0.717, 1.165) is 21.9 Å². The van der Waals surface area contributed by atoms with E-state index in [9.17, 15) is 18.3 Å². The molecule has 0 saturated carbocycles. The van der Waals surface area contributed by atoms with Gasteiger partial charge < -0.3 is 5.11 Å². The zero-order valence-corrected chi connectivity index (χ0v) is 13.0. The molecule has 0 bridgehead atoms. The maximum absolute atomic E-state index is 12.4. The van der Waals surface area contributed by atoms with E-state index < -0.39 is 22.2 Å². The molecule has 21 heavy (non-hydrogen) atoms. The largest absolute Gasteiger partial charge is 0.480 e. The van der Waals surface area contributed by atoms with E-state index in [1.54, 1.807) is 12.1 Å². The number of carboxylic acids is 1. The molecule has 6 nitrogen and oxygen atoms in total. The zero-order valence-electron chi connectivity index (χ0n) is 12.2. The maximum atomic E-state index is 12.4. The summed E-state index contributed by atoms with van der Waals surface area (Å²) in [5.41, 5.74) is 2.35. The number of piperidine rings is 1. The first-order chi connectivity index (χ1) is 9.79. The predicted octanol–water partition coefficient (Wildman–Crippen LogP) is 1.90. The van der Waals surface area contributed by atoms with Crippen molar-refractivity contribution in [3.05, 3.63) is 29.3 Å². The van der Waals surface area contributed by atoms with Gasteiger partial charge in [0.25, 0.3) is 0 Å². The first-order valence-corrected chi connectivity index (χ1v) is 8.34. The van der Waals surface area contributed by atoms with Crippen LogP contribution in [0.5, 0.6) is 0 Å². The SMILES string of the molecule is Cc1cc(C)cc(NS(=O)(=O)N2CCCCC2C(=O)O)c1. The second-order valence-electron chi connectivity index (χ2n) is 5.44. The molecule has 1 unspecified atom stereocenters. The molecule has 7 heteroatoms. The van der Waals surface area contributed by atoms with Gasteiger partial charge >= 0.3 is 16.2 Å². The Kier molecular flexibility index (Phi) is 4.53. The number of hydrogen-bond donors (Lipinski definition) is 2. The van der Waals surface area contributed by atoms with Gasteiger partial charge in [0.2, 0.25) is 0 Å². The Bertz CT molecular complexity index is 622. The Morgan fingerprint density at radius 2 is 1.86 bits per heavy atom. The van der Waals surface area contributed by atoms with E-state index in [-0.39, 0.29) is 6.54 Å². The lowest BCUT2D eigenvalue weighted by Crippen LogP contribution is -2.49. The topological polar surface area (TPSA) is 86.7 Å². The summed E-state index contributed by atoms with van der Waals surface area (Å²) in [6.07, 6.45) is 1.76. The van der Waals surface area contributed by atoms with E-state index >= 15 is 0 Å². The summed E-state index contributed by atoms with van der Waals surface area (Å²) in [7, 11) is -3.86. The van der Waals surface area contributed by atoms with Crippen LogP contribution < -0.4 is 4.72 Å². The molecular formula is C14H20N2O4S. The first kappa shape index (κ1) is 15.8. The Labute approximate surface area is 125 Å². The van der Waals surface area contributed by atoms with Crippen LogP contribution in [-0.2, 0) is 15.0 Å². The van der Waals surface area contributed by atoms with Crippen LogP contribution >= 0.6 is 0 Å². The second kappa shape index (κ2) is 6.03. The highest BCUT2D eigenvalue weighted by Gasteiger charge is 2.36. The number of rotatable bonds is 4. The summed E-state index contributed by atoms with van der Waals surface area (Å²) >= 11 is 0. The lowest BCUT2D eigenvalue weighted by Gasteiger charge is -2.32. The van der Waals surface area contributed by atoms with Crippen LogP contribution in [0.15, 0.2) is 18.2 Å². The molecule has 1 atom stereocenters. The normalized spacial score (nSPS) is 20.2. The van der Waals surface area contributed by atoms with Crippen LogP contribution in [0.3, 0.4) is 0 Å². The number of aryl methyl sites for hydroxylation is 2. The van der Waals surface area contributed by atoms with Gasteiger partial charge in [0.15, 0.2) is 0 Å². The van der Waals surface area contributed by atoms with Crippen molar-refractivity contribution in [2.24, 2.45) is 0 Å². The van der Waals surface area contributed by atoms with Crippen LogP contribution in [-0.4, -0.2) is 36.4 Å². The third-order valence-corrected chi connectivity index (χ3v) is 5.06. The first-order valence-electron chi connectivity index (χ1n) is 6.90. The van der Waals surface area contributed by atoms with E-state index in [1.165, 1.54) is 0 Å². The molecular weight excluding hydrogens is 292 g/mol. The number of nitrogens with one attached hydrogen (secondary N) is 1. The van der Waals surface area contributed by atoms with Crippen molar-refractivity contribution in [2.45, 2.75) is 39.2 Å². The fourth-order valence-electron chi connectivity index (χ4n) is 2.68. The van der Waals surface area contributed by atoms with Crippen LogP contribution in [0.25, 0.3) is 0 Å². The minimum absolute atomic E-state index is 0.233. The standard InChI is InChI=1S/C14H20N2O4S/c1-10-7-11(2)9-12(8-10)15-21(19,20)16-6-4-3-5-13(16)14(17)18/h7-9,13,15H,3-6H2,1-2H3,(H,17,18). The Morgan fingerprint density at radius 3 is 2.43 bits per heavy atom. The van der Waals surface area contributed by atoms with Gasteiger partial charge in [0, 0.05) is 6.54 Å². The summed E-state index contributed by atoms with van der Waals surface area (Å²) in [5, 5.41) is 9.19. The number of benzene rings is 1. The molecule has 2 rings (SSSR count). The molecule has 1 aliphatic heterocycles. The summed E-state index contributed by atoms with van der Waals surface area (Å²) in [4.78, 5) is 11.2. The third kappa shape index (κ3) is 3.74. The van der Waals surface area contributed by atoms with Crippen LogP contribution in [0.4, 0.5) is 5.69 Å². The van der Waals surface area contributed by atoms with Gasteiger partial charge in [0.1, 0.15) is 6.04 Å². The van der Waals surface area contributed by atoms with Gasteiger partial charge in [-0.25, -0.2) is 0 Å². The average molecular weight is 312 g/mol.